The number of amides is 1. The topological polar surface area (TPSA) is 75.7 Å². The zero-order chi connectivity index (χ0) is 23.3. The summed E-state index contributed by atoms with van der Waals surface area (Å²) in [4.78, 5) is 13.9. The molecule has 0 aromatic heterocycles. The third-order valence-corrected chi connectivity index (χ3v) is 7.66. The van der Waals surface area contributed by atoms with Crippen molar-refractivity contribution in [3.05, 3.63) is 77.3 Å². The molecule has 0 unspecified atom stereocenters. The molecule has 0 saturated heterocycles. The molecule has 0 spiro atoms. The highest BCUT2D eigenvalue weighted by molar-refractivity contribution is 7.98. The van der Waals surface area contributed by atoms with Gasteiger partial charge in [0.1, 0.15) is 5.75 Å². The SMILES string of the molecule is CCN(c1ccc(C(=O)Nc2cc(Cl)ccc2OC)cc1)S(=O)(=O)c1ccc(SC)cc1. The number of nitrogens with zero attached hydrogens (tertiary/aromatic N) is 1. The van der Waals surface area contributed by atoms with E-state index in [2.05, 4.69) is 5.32 Å². The van der Waals surface area contributed by atoms with E-state index < -0.39 is 10.0 Å². The molecule has 3 aromatic carbocycles. The summed E-state index contributed by atoms with van der Waals surface area (Å²) in [5.74, 6) is 0.116. The minimum atomic E-state index is -3.73. The molecule has 0 aliphatic rings. The Morgan fingerprint density at radius 1 is 1.06 bits per heavy atom. The van der Waals surface area contributed by atoms with Gasteiger partial charge in [0.05, 0.1) is 23.4 Å². The number of rotatable bonds is 8. The van der Waals surface area contributed by atoms with Gasteiger partial charge in [-0.2, -0.15) is 0 Å². The number of sulfonamides is 1. The van der Waals surface area contributed by atoms with Crippen LogP contribution in [0.1, 0.15) is 17.3 Å². The zero-order valence-electron chi connectivity index (χ0n) is 17.8. The number of ether oxygens (including phenoxy) is 1. The lowest BCUT2D eigenvalue weighted by molar-refractivity contribution is 0.102. The Kier molecular flexibility index (Phi) is 7.71. The van der Waals surface area contributed by atoms with Gasteiger partial charge < -0.3 is 10.1 Å². The van der Waals surface area contributed by atoms with Gasteiger partial charge in [0.2, 0.25) is 0 Å². The van der Waals surface area contributed by atoms with Crippen LogP contribution in [0.15, 0.2) is 76.5 Å². The number of hydrogen-bond donors (Lipinski definition) is 1. The van der Waals surface area contributed by atoms with E-state index in [0.717, 1.165) is 4.90 Å². The van der Waals surface area contributed by atoms with Crippen LogP contribution >= 0.6 is 23.4 Å². The average Bonchev–Trinajstić information content (AvgIpc) is 2.80. The van der Waals surface area contributed by atoms with Crippen molar-refractivity contribution in [1.82, 2.24) is 0 Å². The summed E-state index contributed by atoms with van der Waals surface area (Å²) in [5, 5.41) is 3.23. The van der Waals surface area contributed by atoms with E-state index in [1.807, 2.05) is 6.26 Å². The molecule has 9 heteroatoms. The summed E-state index contributed by atoms with van der Waals surface area (Å²) in [7, 11) is -2.23. The maximum absolute atomic E-state index is 13.1. The molecule has 0 fully saturated rings. The second-order valence-electron chi connectivity index (χ2n) is 6.69. The van der Waals surface area contributed by atoms with Gasteiger partial charge in [-0.1, -0.05) is 11.6 Å². The van der Waals surface area contributed by atoms with Crippen molar-refractivity contribution in [3.8, 4) is 5.75 Å². The number of halogens is 1. The Morgan fingerprint density at radius 3 is 2.28 bits per heavy atom. The number of benzene rings is 3. The van der Waals surface area contributed by atoms with E-state index in [1.54, 1.807) is 85.4 Å². The number of hydrogen-bond acceptors (Lipinski definition) is 5. The number of anilines is 2. The maximum Gasteiger partial charge on any atom is 0.264 e. The van der Waals surface area contributed by atoms with E-state index in [0.29, 0.717) is 27.7 Å². The van der Waals surface area contributed by atoms with Crippen LogP contribution in [0.5, 0.6) is 5.75 Å². The Bertz CT molecular complexity index is 1200. The van der Waals surface area contributed by atoms with E-state index in [-0.39, 0.29) is 17.3 Å². The molecule has 0 atom stereocenters. The molecule has 0 saturated carbocycles. The van der Waals surface area contributed by atoms with Gasteiger partial charge in [-0.15, -0.1) is 11.8 Å². The lowest BCUT2D eigenvalue weighted by Crippen LogP contribution is -2.30. The molecule has 168 valence electrons. The molecule has 3 rings (SSSR count). The lowest BCUT2D eigenvalue weighted by Gasteiger charge is -2.23. The predicted octanol–water partition coefficient (Wildman–Crippen LogP) is 5.54. The minimum absolute atomic E-state index is 0.215. The van der Waals surface area contributed by atoms with Gasteiger partial charge in [-0.3, -0.25) is 9.10 Å². The molecule has 32 heavy (non-hydrogen) atoms. The smallest absolute Gasteiger partial charge is 0.264 e. The highest BCUT2D eigenvalue weighted by Gasteiger charge is 2.24. The molecule has 0 aliphatic carbocycles. The van der Waals surface area contributed by atoms with Crippen LogP contribution in [-0.2, 0) is 10.0 Å². The first-order valence-corrected chi connectivity index (χ1v) is 12.8. The molecule has 6 nitrogen and oxygen atoms in total. The standard InChI is InChI=1S/C23H23ClN2O4S2/c1-4-26(32(28,29)20-12-10-19(31-3)11-13-20)18-8-5-16(6-9-18)23(27)25-21-15-17(24)7-14-22(21)30-2/h5-15H,4H2,1-3H3,(H,25,27). The molecular weight excluding hydrogens is 468 g/mol. The highest BCUT2D eigenvalue weighted by atomic mass is 35.5. The largest absolute Gasteiger partial charge is 0.495 e. The summed E-state index contributed by atoms with van der Waals surface area (Å²) < 4.78 is 32.8. The first-order valence-electron chi connectivity index (χ1n) is 9.72. The fraction of sp³-hybridized carbons (Fsp3) is 0.174. The van der Waals surface area contributed by atoms with E-state index in [4.69, 9.17) is 16.3 Å². The van der Waals surface area contributed by atoms with Gasteiger partial charge in [-0.25, -0.2) is 8.42 Å². The monoisotopic (exact) mass is 490 g/mol. The minimum Gasteiger partial charge on any atom is -0.495 e. The lowest BCUT2D eigenvalue weighted by atomic mass is 10.2. The van der Waals surface area contributed by atoms with Crippen LogP contribution in [-0.4, -0.2) is 34.2 Å². The molecule has 0 aliphatic heterocycles. The summed E-state index contributed by atoms with van der Waals surface area (Å²) in [6.45, 7) is 2.01. The molecule has 1 amide bonds. The van der Waals surface area contributed by atoms with Gasteiger partial charge in [-0.05, 0) is 79.9 Å². The van der Waals surface area contributed by atoms with Crippen LogP contribution < -0.4 is 14.4 Å². The number of carbonyl (C=O) groups excluding carboxylic acids is 1. The highest BCUT2D eigenvalue weighted by Crippen LogP contribution is 2.29. The van der Waals surface area contributed by atoms with Crippen LogP contribution in [0.3, 0.4) is 0 Å². The van der Waals surface area contributed by atoms with Crippen molar-refractivity contribution in [2.45, 2.75) is 16.7 Å². The van der Waals surface area contributed by atoms with Crippen molar-refractivity contribution in [1.29, 1.82) is 0 Å². The van der Waals surface area contributed by atoms with Gasteiger partial charge in [0, 0.05) is 22.0 Å². The first kappa shape index (κ1) is 24.0. The molecule has 0 bridgehead atoms. The number of thioether (sulfide) groups is 1. The van der Waals surface area contributed by atoms with Crippen molar-refractivity contribution < 1.29 is 17.9 Å². The van der Waals surface area contributed by atoms with Crippen molar-refractivity contribution in [3.63, 3.8) is 0 Å². The predicted molar refractivity (Wildman–Crippen MR) is 131 cm³/mol. The molecule has 1 N–H and O–H groups in total. The normalized spacial score (nSPS) is 11.1. The number of carbonyl (C=O) groups is 1. The summed E-state index contributed by atoms with van der Waals surface area (Å²) in [6.07, 6.45) is 1.93. The summed E-state index contributed by atoms with van der Waals surface area (Å²) >= 11 is 7.56. The molecule has 0 heterocycles. The third kappa shape index (κ3) is 5.20. The molecule has 0 radical (unpaired) electrons. The third-order valence-electron chi connectivity index (χ3n) is 4.76. The first-order chi connectivity index (χ1) is 15.3. The Hall–Kier alpha value is -2.68. The zero-order valence-corrected chi connectivity index (χ0v) is 20.2. The number of methoxy groups -OCH3 is 1. The average molecular weight is 491 g/mol. The van der Waals surface area contributed by atoms with Crippen LogP contribution in [0.4, 0.5) is 11.4 Å². The fourth-order valence-electron chi connectivity index (χ4n) is 3.12. The summed E-state index contributed by atoms with van der Waals surface area (Å²) in [5.41, 5.74) is 1.28. The molecular formula is C23H23ClN2O4S2. The second kappa shape index (κ2) is 10.3. The quantitative estimate of drug-likeness (QED) is 0.420. The van der Waals surface area contributed by atoms with E-state index in [9.17, 15) is 13.2 Å². The fourth-order valence-corrected chi connectivity index (χ4v) is 5.17. The second-order valence-corrected chi connectivity index (χ2v) is 9.87. The maximum atomic E-state index is 13.1. The summed E-state index contributed by atoms with van der Waals surface area (Å²) in [6, 6.07) is 18.1. The van der Waals surface area contributed by atoms with Gasteiger partial charge in [0.25, 0.3) is 15.9 Å². The molecule has 3 aromatic rings. The van der Waals surface area contributed by atoms with Gasteiger partial charge >= 0.3 is 0 Å². The van der Waals surface area contributed by atoms with Crippen molar-refractivity contribution in [2.24, 2.45) is 0 Å². The Morgan fingerprint density at radius 2 is 1.72 bits per heavy atom. The van der Waals surface area contributed by atoms with E-state index >= 15 is 0 Å². The van der Waals surface area contributed by atoms with E-state index in [1.165, 1.54) is 11.4 Å². The Balaban J connectivity index is 1.83. The Labute approximate surface area is 197 Å². The van der Waals surface area contributed by atoms with Gasteiger partial charge in [0.15, 0.2) is 0 Å². The van der Waals surface area contributed by atoms with Crippen LogP contribution in [0, 0.1) is 0 Å². The van der Waals surface area contributed by atoms with Crippen LogP contribution in [0.2, 0.25) is 5.02 Å². The van der Waals surface area contributed by atoms with Crippen molar-refractivity contribution in [2.75, 3.05) is 29.5 Å². The number of nitrogens with one attached hydrogen (secondary N) is 1. The van der Waals surface area contributed by atoms with Crippen molar-refractivity contribution >= 4 is 50.7 Å². The van der Waals surface area contributed by atoms with Crippen LogP contribution in [0.25, 0.3) is 0 Å².